The summed E-state index contributed by atoms with van der Waals surface area (Å²) >= 11 is 3.50. The van der Waals surface area contributed by atoms with E-state index < -0.39 is 28.5 Å². The van der Waals surface area contributed by atoms with Crippen molar-refractivity contribution in [3.63, 3.8) is 0 Å². The minimum Gasteiger partial charge on any atom is -0.354 e. The predicted octanol–water partition coefficient (Wildman–Crippen LogP) is 6.12. The van der Waals surface area contributed by atoms with Gasteiger partial charge in [-0.3, -0.25) is 13.9 Å². The van der Waals surface area contributed by atoms with Gasteiger partial charge >= 0.3 is 0 Å². The number of hydrogen-bond acceptors (Lipinski definition) is 4. The SMILES string of the molecule is CCCNC(=O)C(Cc1ccccc1)N(Cc1cccc(Br)c1)C(=O)CN(c1ccccc1C)S(=O)(=O)c1ccccc1. The van der Waals surface area contributed by atoms with Crippen LogP contribution in [0.3, 0.4) is 0 Å². The number of anilines is 1. The van der Waals surface area contributed by atoms with E-state index >= 15 is 0 Å². The maximum Gasteiger partial charge on any atom is 0.264 e. The maximum absolute atomic E-state index is 14.4. The van der Waals surface area contributed by atoms with Crippen LogP contribution < -0.4 is 9.62 Å². The summed E-state index contributed by atoms with van der Waals surface area (Å²) in [5.74, 6) is -0.780. The van der Waals surface area contributed by atoms with Gasteiger partial charge in [-0.2, -0.15) is 0 Å². The van der Waals surface area contributed by atoms with E-state index in [2.05, 4.69) is 21.2 Å². The van der Waals surface area contributed by atoms with Gasteiger partial charge in [0.25, 0.3) is 10.0 Å². The molecular weight excluding hydrogens is 626 g/mol. The van der Waals surface area contributed by atoms with Crippen LogP contribution in [0, 0.1) is 6.92 Å². The number of rotatable bonds is 13. The van der Waals surface area contributed by atoms with Crippen LogP contribution in [-0.4, -0.2) is 44.3 Å². The van der Waals surface area contributed by atoms with Crippen molar-refractivity contribution in [3.05, 3.63) is 130 Å². The highest BCUT2D eigenvalue weighted by Gasteiger charge is 2.34. The Bertz CT molecular complexity index is 1630. The average Bonchev–Trinajstić information content (AvgIpc) is 3.01. The minimum absolute atomic E-state index is 0.0751. The Morgan fingerprint density at radius 3 is 2.12 bits per heavy atom. The lowest BCUT2D eigenvalue weighted by Crippen LogP contribution is -2.53. The number of nitrogens with zero attached hydrogens (tertiary/aromatic N) is 2. The highest BCUT2D eigenvalue weighted by atomic mass is 79.9. The van der Waals surface area contributed by atoms with Gasteiger partial charge in [0.05, 0.1) is 10.6 Å². The van der Waals surface area contributed by atoms with E-state index in [1.165, 1.54) is 17.0 Å². The molecule has 0 aliphatic carbocycles. The molecule has 1 N–H and O–H groups in total. The van der Waals surface area contributed by atoms with Crippen molar-refractivity contribution >= 4 is 43.5 Å². The fourth-order valence-corrected chi connectivity index (χ4v) is 6.77. The molecule has 224 valence electrons. The third kappa shape index (κ3) is 8.33. The minimum atomic E-state index is -4.13. The fraction of sp³-hybridized carbons (Fsp3) is 0.235. The van der Waals surface area contributed by atoms with Gasteiger partial charge in [-0.15, -0.1) is 0 Å². The summed E-state index contributed by atoms with van der Waals surface area (Å²) in [7, 11) is -4.13. The van der Waals surface area contributed by atoms with Crippen molar-refractivity contribution in [2.45, 2.75) is 44.2 Å². The van der Waals surface area contributed by atoms with Gasteiger partial charge in [-0.1, -0.05) is 102 Å². The van der Waals surface area contributed by atoms with E-state index in [0.29, 0.717) is 17.8 Å². The number of hydrogen-bond donors (Lipinski definition) is 1. The second kappa shape index (κ2) is 15.0. The van der Waals surface area contributed by atoms with E-state index in [4.69, 9.17) is 0 Å². The Balaban J connectivity index is 1.80. The van der Waals surface area contributed by atoms with Gasteiger partial charge in [0.2, 0.25) is 11.8 Å². The van der Waals surface area contributed by atoms with Crippen LogP contribution in [-0.2, 0) is 32.6 Å². The van der Waals surface area contributed by atoms with Crippen LogP contribution in [0.5, 0.6) is 0 Å². The van der Waals surface area contributed by atoms with Crippen LogP contribution in [0.4, 0.5) is 5.69 Å². The van der Waals surface area contributed by atoms with Crippen molar-refractivity contribution in [3.8, 4) is 0 Å². The quantitative estimate of drug-likeness (QED) is 0.187. The lowest BCUT2D eigenvalue weighted by Gasteiger charge is -2.34. The molecule has 9 heteroatoms. The van der Waals surface area contributed by atoms with Gasteiger partial charge in [-0.25, -0.2) is 8.42 Å². The zero-order valence-corrected chi connectivity index (χ0v) is 26.7. The van der Waals surface area contributed by atoms with Crippen LogP contribution in [0.2, 0.25) is 0 Å². The molecule has 4 aromatic rings. The molecule has 0 aromatic heterocycles. The first kappa shape index (κ1) is 32.0. The molecule has 0 spiro atoms. The molecule has 0 aliphatic rings. The Kier molecular flexibility index (Phi) is 11.1. The predicted molar refractivity (Wildman–Crippen MR) is 174 cm³/mol. The first-order valence-corrected chi connectivity index (χ1v) is 16.4. The molecule has 1 atom stereocenters. The molecule has 0 heterocycles. The first-order chi connectivity index (χ1) is 20.7. The van der Waals surface area contributed by atoms with Gasteiger partial charge in [0.15, 0.2) is 0 Å². The second-order valence-corrected chi connectivity index (χ2v) is 13.0. The summed E-state index contributed by atoms with van der Waals surface area (Å²) in [5, 5.41) is 2.96. The maximum atomic E-state index is 14.4. The monoisotopic (exact) mass is 661 g/mol. The summed E-state index contributed by atoms with van der Waals surface area (Å²) < 4.78 is 30.1. The van der Waals surface area contributed by atoms with Crippen LogP contribution >= 0.6 is 15.9 Å². The molecule has 0 saturated carbocycles. The third-order valence-electron chi connectivity index (χ3n) is 7.06. The Morgan fingerprint density at radius 2 is 1.47 bits per heavy atom. The number of sulfonamides is 1. The lowest BCUT2D eigenvalue weighted by atomic mass is 10.0. The van der Waals surface area contributed by atoms with Crippen molar-refractivity contribution in [1.82, 2.24) is 10.2 Å². The van der Waals surface area contributed by atoms with Crippen molar-refractivity contribution in [1.29, 1.82) is 0 Å². The molecule has 4 aromatic carbocycles. The van der Waals surface area contributed by atoms with E-state index in [1.54, 1.807) is 30.3 Å². The number of carbonyl (C=O) groups is 2. The van der Waals surface area contributed by atoms with Gasteiger partial charge in [-0.05, 0) is 60.4 Å². The molecule has 0 fully saturated rings. The standard InChI is InChI=1S/C34H36BrN3O4S/c1-3-21-36-34(40)32(23-27-14-6-4-7-15-27)37(24-28-16-12-17-29(35)22-28)33(39)25-38(31-20-11-10-13-26(31)2)43(41,42)30-18-8-5-9-19-30/h4-20,22,32H,3,21,23-25H2,1-2H3,(H,36,40). The molecule has 4 rings (SSSR count). The highest BCUT2D eigenvalue weighted by molar-refractivity contribution is 9.10. The molecular formula is C34H36BrN3O4S. The van der Waals surface area contributed by atoms with Gasteiger partial charge in [0, 0.05) is 24.0 Å². The molecule has 1 unspecified atom stereocenters. The molecule has 43 heavy (non-hydrogen) atoms. The summed E-state index contributed by atoms with van der Waals surface area (Å²) in [4.78, 5) is 29.7. The molecule has 2 amide bonds. The topological polar surface area (TPSA) is 86.8 Å². The summed E-state index contributed by atoms with van der Waals surface area (Å²) in [6, 6.07) is 31.3. The van der Waals surface area contributed by atoms with Gasteiger partial charge < -0.3 is 10.2 Å². The Labute approximate surface area is 262 Å². The number of benzene rings is 4. The summed E-state index contributed by atoms with van der Waals surface area (Å²) in [6.45, 7) is 3.86. The van der Waals surface area contributed by atoms with E-state index in [9.17, 15) is 18.0 Å². The van der Waals surface area contributed by atoms with Crippen LogP contribution in [0.15, 0.2) is 119 Å². The summed E-state index contributed by atoms with van der Waals surface area (Å²) in [6.07, 6.45) is 1.01. The zero-order valence-electron chi connectivity index (χ0n) is 24.3. The van der Waals surface area contributed by atoms with Crippen LogP contribution in [0.25, 0.3) is 0 Å². The van der Waals surface area contributed by atoms with E-state index in [-0.39, 0.29) is 23.8 Å². The number of nitrogens with one attached hydrogen (secondary N) is 1. The second-order valence-electron chi connectivity index (χ2n) is 10.3. The number of aryl methyl sites for hydroxylation is 1. The number of carbonyl (C=O) groups excluding carboxylic acids is 2. The van der Waals surface area contributed by atoms with Gasteiger partial charge in [0.1, 0.15) is 12.6 Å². The lowest BCUT2D eigenvalue weighted by molar-refractivity contribution is -0.140. The largest absolute Gasteiger partial charge is 0.354 e. The molecule has 0 saturated heterocycles. The Hall–Kier alpha value is -3.95. The Morgan fingerprint density at radius 1 is 0.837 bits per heavy atom. The van der Waals surface area contributed by atoms with Crippen molar-refractivity contribution < 1.29 is 18.0 Å². The summed E-state index contributed by atoms with van der Waals surface area (Å²) in [5.41, 5.74) is 2.79. The van der Waals surface area contributed by atoms with Crippen molar-refractivity contribution in [2.24, 2.45) is 0 Å². The molecule has 7 nitrogen and oxygen atoms in total. The van der Waals surface area contributed by atoms with E-state index in [1.807, 2.05) is 80.6 Å². The van der Waals surface area contributed by atoms with E-state index in [0.717, 1.165) is 26.3 Å². The normalized spacial score (nSPS) is 11.9. The molecule has 0 bridgehead atoms. The smallest absolute Gasteiger partial charge is 0.264 e. The average molecular weight is 663 g/mol. The fourth-order valence-electron chi connectivity index (χ4n) is 4.83. The van der Waals surface area contributed by atoms with Crippen LogP contribution in [0.1, 0.15) is 30.0 Å². The number of amides is 2. The molecule has 0 radical (unpaired) electrons. The zero-order chi connectivity index (χ0) is 30.8. The van der Waals surface area contributed by atoms with Crippen molar-refractivity contribution in [2.75, 3.05) is 17.4 Å². The molecule has 0 aliphatic heterocycles. The number of para-hydroxylation sites is 1. The highest BCUT2D eigenvalue weighted by Crippen LogP contribution is 2.28. The first-order valence-electron chi connectivity index (χ1n) is 14.2. The third-order valence-corrected chi connectivity index (χ3v) is 9.32. The number of halogens is 1.